The predicted octanol–water partition coefficient (Wildman–Crippen LogP) is 4.84. The van der Waals surface area contributed by atoms with E-state index in [9.17, 15) is 0 Å². The Balaban J connectivity index is 1.63. The Bertz CT molecular complexity index is 946. The average Bonchev–Trinajstić information content (AvgIpc) is 3.16. The van der Waals surface area contributed by atoms with E-state index in [1.54, 1.807) is 0 Å². The van der Waals surface area contributed by atoms with Gasteiger partial charge in [-0.05, 0) is 55.9 Å². The third kappa shape index (κ3) is 1.52. The molecule has 4 saturated carbocycles. The maximum absolute atomic E-state index is 6.45. The lowest BCUT2D eigenvalue weighted by atomic mass is 9.75. The van der Waals surface area contributed by atoms with Crippen LogP contribution in [0.1, 0.15) is 37.9 Å². The summed E-state index contributed by atoms with van der Waals surface area (Å²) in [6, 6.07) is 8.16. The molecule has 0 unspecified atom stereocenters. The van der Waals surface area contributed by atoms with E-state index in [2.05, 4.69) is 16.0 Å². The molecule has 0 amide bonds. The van der Waals surface area contributed by atoms with Gasteiger partial charge >= 0.3 is 0 Å². The number of hydrogen-bond donors (Lipinski definition) is 1. The number of aromatic amines is 1. The molecule has 4 heteroatoms. The van der Waals surface area contributed by atoms with Gasteiger partial charge in [-0.3, -0.25) is 0 Å². The summed E-state index contributed by atoms with van der Waals surface area (Å²) < 4.78 is 0. The van der Waals surface area contributed by atoms with Crippen LogP contribution in [0.15, 0.2) is 24.3 Å². The lowest BCUT2D eigenvalue weighted by Crippen LogP contribution is -2.29. The third-order valence-electron chi connectivity index (χ3n) is 6.75. The summed E-state index contributed by atoms with van der Waals surface area (Å²) >= 11 is 6.45. The van der Waals surface area contributed by atoms with Crippen LogP contribution in [0.3, 0.4) is 0 Å². The van der Waals surface area contributed by atoms with Gasteiger partial charge in [-0.2, -0.15) is 0 Å². The molecule has 4 aliphatic rings. The lowest BCUT2D eigenvalue weighted by Gasteiger charge is -2.30. The first-order valence-electron chi connectivity index (χ1n) is 8.67. The van der Waals surface area contributed by atoms with Gasteiger partial charge in [0.15, 0.2) is 5.15 Å². The molecule has 4 bridgehead atoms. The highest BCUT2D eigenvalue weighted by Gasteiger charge is 2.59. The number of rotatable bonds is 1. The number of nitrogens with zero attached hydrogens (tertiary/aromatic N) is 2. The fourth-order valence-electron chi connectivity index (χ4n) is 6.07. The SMILES string of the molecule is Clc1nc2ccccc2c2nc(C34C[C@@H]5CC3C[C@H](C5)C4)[nH]c12. The Labute approximate surface area is 139 Å². The third-order valence-corrected chi connectivity index (χ3v) is 7.02. The van der Waals surface area contributed by atoms with Gasteiger partial charge in [0, 0.05) is 10.8 Å². The van der Waals surface area contributed by atoms with Crippen molar-refractivity contribution in [1.82, 2.24) is 15.0 Å². The van der Waals surface area contributed by atoms with Gasteiger partial charge in [0.05, 0.1) is 5.52 Å². The van der Waals surface area contributed by atoms with Crippen molar-refractivity contribution in [2.75, 3.05) is 0 Å². The van der Waals surface area contributed by atoms with Crippen molar-refractivity contribution in [3.8, 4) is 0 Å². The molecule has 116 valence electrons. The molecular weight excluding hydrogens is 306 g/mol. The first-order chi connectivity index (χ1) is 11.2. The van der Waals surface area contributed by atoms with Gasteiger partial charge in [-0.1, -0.05) is 29.8 Å². The number of H-pyrrole nitrogens is 1. The van der Waals surface area contributed by atoms with Crippen molar-refractivity contribution < 1.29 is 0 Å². The summed E-state index contributed by atoms with van der Waals surface area (Å²) in [4.78, 5) is 13.2. The molecule has 2 atom stereocenters. The lowest BCUT2D eigenvalue weighted by molar-refractivity contribution is 0.262. The minimum absolute atomic E-state index is 0.289. The van der Waals surface area contributed by atoms with E-state index in [0.29, 0.717) is 5.15 Å². The second kappa shape index (κ2) is 4.07. The normalized spacial score (nSPS) is 34.9. The Hall–Kier alpha value is -1.61. The van der Waals surface area contributed by atoms with Crippen molar-refractivity contribution in [1.29, 1.82) is 0 Å². The van der Waals surface area contributed by atoms with Gasteiger partial charge in [-0.25, -0.2) is 9.97 Å². The summed E-state index contributed by atoms with van der Waals surface area (Å²) in [6.45, 7) is 0. The van der Waals surface area contributed by atoms with E-state index in [0.717, 1.165) is 39.7 Å². The van der Waals surface area contributed by atoms with E-state index in [-0.39, 0.29) is 5.41 Å². The summed E-state index contributed by atoms with van der Waals surface area (Å²) in [6.07, 6.45) is 6.89. The van der Waals surface area contributed by atoms with Gasteiger partial charge in [0.1, 0.15) is 16.9 Å². The highest BCUT2D eigenvalue weighted by Crippen LogP contribution is 2.65. The summed E-state index contributed by atoms with van der Waals surface area (Å²) in [5, 5.41) is 1.65. The van der Waals surface area contributed by atoms with Gasteiger partial charge in [0.25, 0.3) is 0 Å². The molecule has 23 heavy (non-hydrogen) atoms. The molecule has 7 rings (SSSR count). The van der Waals surface area contributed by atoms with Crippen LogP contribution in [0, 0.1) is 17.8 Å². The molecule has 0 spiro atoms. The largest absolute Gasteiger partial charge is 0.339 e. The van der Waals surface area contributed by atoms with Crippen LogP contribution in [0.5, 0.6) is 0 Å². The van der Waals surface area contributed by atoms with E-state index < -0.39 is 0 Å². The Morgan fingerprint density at radius 1 is 1.04 bits per heavy atom. The fraction of sp³-hybridized carbons (Fsp3) is 0.474. The van der Waals surface area contributed by atoms with Gasteiger partial charge < -0.3 is 4.98 Å². The summed E-state index contributed by atoms with van der Waals surface area (Å²) in [5.74, 6) is 3.85. The molecule has 1 N–H and O–H groups in total. The minimum atomic E-state index is 0.289. The van der Waals surface area contributed by atoms with E-state index in [1.165, 1.54) is 37.9 Å². The van der Waals surface area contributed by atoms with Crippen molar-refractivity contribution >= 4 is 33.5 Å². The number of pyridine rings is 1. The molecule has 2 heterocycles. The van der Waals surface area contributed by atoms with Crippen LogP contribution < -0.4 is 0 Å². The topological polar surface area (TPSA) is 41.6 Å². The van der Waals surface area contributed by atoms with E-state index in [1.807, 2.05) is 18.2 Å². The number of nitrogens with one attached hydrogen (secondary N) is 1. The molecule has 3 nitrogen and oxygen atoms in total. The van der Waals surface area contributed by atoms with E-state index >= 15 is 0 Å². The Morgan fingerprint density at radius 2 is 1.83 bits per heavy atom. The van der Waals surface area contributed by atoms with E-state index in [4.69, 9.17) is 16.6 Å². The number of hydrogen-bond acceptors (Lipinski definition) is 2. The molecule has 1 aromatic carbocycles. The first-order valence-corrected chi connectivity index (χ1v) is 9.05. The Morgan fingerprint density at radius 3 is 2.65 bits per heavy atom. The van der Waals surface area contributed by atoms with Gasteiger partial charge in [0.2, 0.25) is 0 Å². The highest BCUT2D eigenvalue weighted by molar-refractivity contribution is 6.35. The van der Waals surface area contributed by atoms with Crippen LogP contribution >= 0.6 is 11.6 Å². The van der Waals surface area contributed by atoms with Crippen molar-refractivity contribution in [3.05, 3.63) is 35.2 Å². The fourth-order valence-corrected chi connectivity index (χ4v) is 6.30. The van der Waals surface area contributed by atoms with Gasteiger partial charge in [-0.15, -0.1) is 0 Å². The average molecular weight is 324 g/mol. The number of para-hydroxylation sites is 1. The summed E-state index contributed by atoms with van der Waals surface area (Å²) in [5.41, 5.74) is 3.13. The highest BCUT2D eigenvalue weighted by atomic mass is 35.5. The number of aromatic nitrogens is 3. The standard InChI is InChI=1S/C19H18ClN3/c20-17-16-15(13-3-1-2-4-14(13)21-17)22-18(23-16)19-8-10-5-11(9-19)7-12(19)6-10/h1-4,10-12H,5-9H2,(H,22,23)/t10-,11-,12?,19?/m0/s1. The number of benzene rings is 1. The quantitative estimate of drug-likeness (QED) is 0.651. The van der Waals surface area contributed by atoms with Crippen molar-refractivity contribution in [3.63, 3.8) is 0 Å². The Kier molecular flexibility index (Phi) is 2.26. The van der Waals surface area contributed by atoms with Crippen molar-refractivity contribution in [2.24, 2.45) is 17.8 Å². The van der Waals surface area contributed by atoms with Crippen LogP contribution in [-0.4, -0.2) is 15.0 Å². The number of imidazole rings is 1. The van der Waals surface area contributed by atoms with Crippen LogP contribution in [-0.2, 0) is 5.41 Å². The molecule has 4 fully saturated rings. The smallest absolute Gasteiger partial charge is 0.155 e. The maximum Gasteiger partial charge on any atom is 0.155 e. The predicted molar refractivity (Wildman–Crippen MR) is 91.6 cm³/mol. The zero-order valence-electron chi connectivity index (χ0n) is 12.8. The molecule has 0 radical (unpaired) electrons. The van der Waals surface area contributed by atoms with Crippen LogP contribution in [0.4, 0.5) is 0 Å². The molecule has 0 saturated heterocycles. The maximum atomic E-state index is 6.45. The minimum Gasteiger partial charge on any atom is -0.339 e. The number of halogens is 1. The molecule has 2 aromatic heterocycles. The molecular formula is C19H18ClN3. The van der Waals surface area contributed by atoms with Crippen molar-refractivity contribution in [2.45, 2.75) is 37.5 Å². The second-order valence-electron chi connectivity index (χ2n) is 7.93. The zero-order valence-corrected chi connectivity index (χ0v) is 13.6. The van der Waals surface area contributed by atoms with Crippen LogP contribution in [0.25, 0.3) is 21.9 Å². The first kappa shape index (κ1) is 12.8. The summed E-state index contributed by atoms with van der Waals surface area (Å²) in [7, 11) is 0. The zero-order chi connectivity index (χ0) is 15.2. The molecule has 0 aliphatic heterocycles. The van der Waals surface area contributed by atoms with Crippen LogP contribution in [0.2, 0.25) is 5.15 Å². The monoisotopic (exact) mass is 323 g/mol. The number of fused-ring (bicyclic) bond motifs is 3. The molecule has 3 aromatic rings. The molecule has 4 aliphatic carbocycles. The second-order valence-corrected chi connectivity index (χ2v) is 8.29.